The molecule has 1 atom stereocenters. The van der Waals surface area contributed by atoms with Crippen LogP contribution in [0.5, 0.6) is 0 Å². The van der Waals surface area contributed by atoms with Gasteiger partial charge in [-0.1, -0.05) is 0 Å². The number of rotatable bonds is 7. The Hall–Kier alpha value is -2.22. The number of ether oxygens (including phenoxy) is 1. The Kier molecular flexibility index (Phi) is 5.04. The van der Waals surface area contributed by atoms with Gasteiger partial charge in [-0.15, -0.1) is 0 Å². The summed E-state index contributed by atoms with van der Waals surface area (Å²) in [5.74, 6) is 1.60. The molecular weight excluding hydrogens is 270 g/mol. The van der Waals surface area contributed by atoms with Crippen molar-refractivity contribution in [1.29, 1.82) is 0 Å². The van der Waals surface area contributed by atoms with Crippen molar-refractivity contribution >= 4 is 11.9 Å². The van der Waals surface area contributed by atoms with Gasteiger partial charge in [0.15, 0.2) is 0 Å². The summed E-state index contributed by atoms with van der Waals surface area (Å²) in [5.41, 5.74) is 0. The lowest BCUT2D eigenvalue weighted by atomic mass is 10.3. The minimum atomic E-state index is 0.150. The molecule has 0 saturated carbocycles. The van der Waals surface area contributed by atoms with E-state index in [1.54, 1.807) is 24.2 Å². The molecule has 2 rings (SSSR count). The summed E-state index contributed by atoms with van der Waals surface area (Å²) in [6.45, 7) is 5.37. The van der Waals surface area contributed by atoms with Crippen molar-refractivity contribution in [2.45, 2.75) is 19.9 Å². The van der Waals surface area contributed by atoms with Crippen molar-refractivity contribution in [3.63, 3.8) is 0 Å². The highest BCUT2D eigenvalue weighted by Crippen LogP contribution is 2.14. The Morgan fingerprint density at radius 1 is 1.38 bits per heavy atom. The molecular formula is C13H21N7O. The molecule has 21 heavy (non-hydrogen) atoms. The zero-order chi connectivity index (χ0) is 15.2. The fraction of sp³-hybridized carbons (Fsp3) is 0.538. The molecule has 2 heterocycles. The Bertz CT molecular complexity index is 558. The van der Waals surface area contributed by atoms with Crippen LogP contribution in [0.4, 0.5) is 11.9 Å². The fourth-order valence-corrected chi connectivity index (χ4v) is 1.79. The quantitative estimate of drug-likeness (QED) is 0.813. The summed E-state index contributed by atoms with van der Waals surface area (Å²) in [5, 5.41) is 7.28. The van der Waals surface area contributed by atoms with Crippen molar-refractivity contribution in [3.05, 3.63) is 18.5 Å². The zero-order valence-corrected chi connectivity index (χ0v) is 12.8. The summed E-state index contributed by atoms with van der Waals surface area (Å²) in [6, 6.07) is 1.98. The van der Waals surface area contributed by atoms with Gasteiger partial charge in [0.05, 0.1) is 12.6 Å². The van der Waals surface area contributed by atoms with Gasteiger partial charge in [0.1, 0.15) is 0 Å². The molecule has 0 aliphatic rings. The number of nitrogens with one attached hydrogen (secondary N) is 1. The number of likely N-dealkylation sites (N-methyl/N-ethyl adjacent to an activating group) is 1. The smallest absolute Gasteiger partial charge is 0.257 e. The molecule has 0 saturated heterocycles. The van der Waals surface area contributed by atoms with Crippen LogP contribution in [0.1, 0.15) is 13.8 Å². The number of anilines is 2. The topological polar surface area (TPSA) is 81.0 Å². The van der Waals surface area contributed by atoms with Crippen LogP contribution in [-0.2, 0) is 4.74 Å². The van der Waals surface area contributed by atoms with E-state index in [1.807, 2.05) is 31.9 Å². The lowest BCUT2D eigenvalue weighted by Gasteiger charge is -2.24. The molecule has 0 aliphatic heterocycles. The number of hydrogen-bond acceptors (Lipinski definition) is 7. The maximum atomic E-state index is 5.18. The number of hydrogen-bond donors (Lipinski definition) is 1. The third-order valence-electron chi connectivity index (χ3n) is 3.04. The van der Waals surface area contributed by atoms with Crippen LogP contribution >= 0.6 is 0 Å². The second-order valence-electron chi connectivity index (χ2n) is 4.66. The minimum Gasteiger partial charge on any atom is -0.383 e. The zero-order valence-electron chi connectivity index (χ0n) is 12.8. The van der Waals surface area contributed by atoms with E-state index >= 15 is 0 Å². The van der Waals surface area contributed by atoms with Crippen LogP contribution in [0.2, 0.25) is 0 Å². The summed E-state index contributed by atoms with van der Waals surface area (Å²) in [4.78, 5) is 15.2. The van der Waals surface area contributed by atoms with E-state index in [0.717, 1.165) is 6.54 Å². The number of aromatic nitrogens is 5. The average molecular weight is 291 g/mol. The van der Waals surface area contributed by atoms with Crippen LogP contribution in [0.15, 0.2) is 18.5 Å². The molecule has 0 aromatic carbocycles. The Morgan fingerprint density at radius 3 is 2.81 bits per heavy atom. The maximum Gasteiger partial charge on any atom is 0.257 e. The van der Waals surface area contributed by atoms with Crippen molar-refractivity contribution in [3.8, 4) is 5.95 Å². The lowest BCUT2D eigenvalue weighted by Crippen LogP contribution is -2.34. The van der Waals surface area contributed by atoms with Gasteiger partial charge in [-0.05, 0) is 19.9 Å². The van der Waals surface area contributed by atoms with Crippen LogP contribution in [0.3, 0.4) is 0 Å². The molecule has 2 aromatic heterocycles. The molecule has 114 valence electrons. The van der Waals surface area contributed by atoms with Gasteiger partial charge in [0, 0.05) is 33.1 Å². The first kappa shape index (κ1) is 15.2. The first-order chi connectivity index (χ1) is 10.2. The Balaban J connectivity index is 2.36. The molecule has 0 spiro atoms. The summed E-state index contributed by atoms with van der Waals surface area (Å²) >= 11 is 0. The lowest BCUT2D eigenvalue weighted by molar-refractivity contribution is 0.183. The minimum absolute atomic E-state index is 0.150. The van der Waals surface area contributed by atoms with Gasteiger partial charge in [0.2, 0.25) is 11.9 Å². The van der Waals surface area contributed by atoms with Crippen molar-refractivity contribution < 1.29 is 4.74 Å². The van der Waals surface area contributed by atoms with Crippen LogP contribution in [0, 0.1) is 0 Å². The standard InChI is InChI=1S/C13H21N7O/c1-5-14-11-16-12(19(3)10(2)9-21-4)18-13(17-11)20-8-6-7-15-20/h6-8,10H,5,9H2,1-4H3,(H,14,16,17,18). The van der Waals surface area contributed by atoms with Crippen LogP contribution < -0.4 is 10.2 Å². The predicted octanol–water partition coefficient (Wildman–Crippen LogP) is 0.960. The van der Waals surface area contributed by atoms with E-state index in [9.17, 15) is 0 Å². The van der Waals surface area contributed by atoms with Gasteiger partial charge in [-0.25, -0.2) is 4.68 Å². The first-order valence-corrected chi connectivity index (χ1v) is 6.87. The van der Waals surface area contributed by atoms with E-state index in [-0.39, 0.29) is 6.04 Å². The van der Waals surface area contributed by atoms with Gasteiger partial charge >= 0.3 is 0 Å². The third-order valence-corrected chi connectivity index (χ3v) is 3.04. The molecule has 0 aliphatic carbocycles. The molecule has 1 N–H and O–H groups in total. The molecule has 0 fully saturated rings. The average Bonchev–Trinajstić information content (AvgIpc) is 3.01. The number of methoxy groups -OCH3 is 1. The SMILES string of the molecule is CCNc1nc(N(C)C(C)COC)nc(-n2cccn2)n1. The monoisotopic (exact) mass is 291 g/mol. The molecule has 8 nitrogen and oxygen atoms in total. The van der Waals surface area contributed by atoms with E-state index in [1.165, 1.54) is 0 Å². The molecule has 1 unspecified atom stereocenters. The largest absolute Gasteiger partial charge is 0.383 e. The van der Waals surface area contributed by atoms with Crippen molar-refractivity contribution in [1.82, 2.24) is 24.7 Å². The third kappa shape index (κ3) is 3.66. The Morgan fingerprint density at radius 2 is 2.19 bits per heavy atom. The number of nitrogens with zero attached hydrogens (tertiary/aromatic N) is 6. The molecule has 8 heteroatoms. The van der Waals surface area contributed by atoms with E-state index in [4.69, 9.17) is 4.74 Å². The summed E-state index contributed by atoms with van der Waals surface area (Å²) in [7, 11) is 3.61. The van der Waals surface area contributed by atoms with Gasteiger partial charge in [-0.2, -0.15) is 20.1 Å². The maximum absolute atomic E-state index is 5.18. The van der Waals surface area contributed by atoms with E-state index < -0.39 is 0 Å². The van der Waals surface area contributed by atoms with Gasteiger partial charge in [0.25, 0.3) is 5.95 Å². The first-order valence-electron chi connectivity index (χ1n) is 6.87. The molecule has 0 radical (unpaired) electrons. The van der Waals surface area contributed by atoms with E-state index in [2.05, 4.69) is 25.4 Å². The second kappa shape index (κ2) is 6.98. The van der Waals surface area contributed by atoms with Gasteiger partial charge in [-0.3, -0.25) is 0 Å². The highest BCUT2D eigenvalue weighted by molar-refractivity contribution is 5.40. The Labute approximate surface area is 124 Å². The molecule has 0 amide bonds. The normalized spacial score (nSPS) is 12.2. The van der Waals surface area contributed by atoms with E-state index in [0.29, 0.717) is 24.5 Å². The van der Waals surface area contributed by atoms with Crippen molar-refractivity contribution in [2.24, 2.45) is 0 Å². The summed E-state index contributed by atoms with van der Waals surface area (Å²) in [6.07, 6.45) is 3.49. The van der Waals surface area contributed by atoms with Crippen LogP contribution in [0.25, 0.3) is 5.95 Å². The molecule has 2 aromatic rings. The highest BCUT2D eigenvalue weighted by Gasteiger charge is 2.16. The fourth-order valence-electron chi connectivity index (χ4n) is 1.79. The van der Waals surface area contributed by atoms with Gasteiger partial charge < -0.3 is 15.0 Å². The van der Waals surface area contributed by atoms with Crippen LogP contribution in [-0.4, -0.2) is 58.1 Å². The second-order valence-corrected chi connectivity index (χ2v) is 4.66. The highest BCUT2D eigenvalue weighted by atomic mass is 16.5. The summed E-state index contributed by atoms with van der Waals surface area (Å²) < 4.78 is 6.79. The molecule has 0 bridgehead atoms. The van der Waals surface area contributed by atoms with Crippen molar-refractivity contribution in [2.75, 3.05) is 37.5 Å². The predicted molar refractivity (Wildman–Crippen MR) is 80.9 cm³/mol.